The molecule has 1 aromatic carbocycles. The largest absolute Gasteiger partial charge is 0.458 e. The van der Waals surface area contributed by atoms with E-state index >= 15 is 0 Å². The maximum atomic E-state index is 12.5. The van der Waals surface area contributed by atoms with Crippen LogP contribution in [0.2, 0.25) is 0 Å². The zero-order chi connectivity index (χ0) is 20.3. The van der Waals surface area contributed by atoms with Crippen molar-refractivity contribution >= 4 is 40.9 Å². The smallest absolute Gasteiger partial charge is 0.375 e. The second-order valence-electron chi connectivity index (χ2n) is 6.72. The van der Waals surface area contributed by atoms with Crippen LogP contribution >= 0.6 is 0 Å². The van der Waals surface area contributed by atoms with Crippen molar-refractivity contribution in [3.05, 3.63) is 36.0 Å². The van der Waals surface area contributed by atoms with Gasteiger partial charge in [-0.05, 0) is 25.5 Å². The Bertz CT molecular complexity index is 942. The topological polar surface area (TPSA) is 131 Å². The van der Waals surface area contributed by atoms with Gasteiger partial charge >= 0.3 is 12.0 Å². The van der Waals surface area contributed by atoms with E-state index in [-0.39, 0.29) is 12.5 Å². The lowest BCUT2D eigenvalue weighted by Gasteiger charge is -2.16. The summed E-state index contributed by atoms with van der Waals surface area (Å²) >= 11 is 0. The molecule has 0 saturated carbocycles. The van der Waals surface area contributed by atoms with Crippen LogP contribution in [0.1, 0.15) is 19.4 Å². The molecule has 0 radical (unpaired) electrons. The molecule has 0 bridgehead atoms. The molecule has 4 amide bonds. The average Bonchev–Trinajstić information content (AvgIpc) is 3.02. The number of amides is 4. The van der Waals surface area contributed by atoms with Gasteiger partial charge in [-0.25, -0.2) is 14.6 Å². The first-order valence-electron chi connectivity index (χ1n) is 8.85. The van der Waals surface area contributed by atoms with Gasteiger partial charge in [0, 0.05) is 23.5 Å². The number of hydrogen-bond acceptors (Lipinski definition) is 5. The number of urea groups is 1. The lowest BCUT2D eigenvalue weighted by atomic mass is 10.0. The maximum Gasteiger partial charge on any atom is 0.375 e. The fourth-order valence-corrected chi connectivity index (χ4v) is 2.94. The summed E-state index contributed by atoms with van der Waals surface area (Å²) in [6.07, 6.45) is 2.97. The Hall–Kier alpha value is -3.49. The standard InChI is InChI=1S/C19H20N4O5/c1-10(2)28-18(26)15(7-11-8-20-14-6-4-3-5-12(11)14)21-9-13-16(24)22-19(27)23-17(13)25/h3-6,8-10,13,15,20H,7H2,1-2H3,(H2,22,23,24,25,27)/p+1/t15-/m1/s1. The lowest BCUT2D eigenvalue weighted by molar-refractivity contribution is -0.487. The van der Waals surface area contributed by atoms with Gasteiger partial charge in [0.2, 0.25) is 0 Å². The van der Waals surface area contributed by atoms with Crippen LogP contribution in [0, 0.1) is 5.92 Å². The summed E-state index contributed by atoms with van der Waals surface area (Å²) < 4.78 is 5.30. The van der Waals surface area contributed by atoms with E-state index in [1.54, 1.807) is 20.0 Å². The van der Waals surface area contributed by atoms with Crippen LogP contribution in [0.5, 0.6) is 0 Å². The van der Waals surface area contributed by atoms with Gasteiger partial charge in [-0.2, -0.15) is 0 Å². The van der Waals surface area contributed by atoms with Crippen molar-refractivity contribution in [3.63, 3.8) is 0 Å². The average molecular weight is 385 g/mol. The number of rotatable bonds is 6. The first kappa shape index (κ1) is 19.3. The fraction of sp³-hybridized carbons (Fsp3) is 0.316. The monoisotopic (exact) mass is 385 g/mol. The van der Waals surface area contributed by atoms with Crippen LogP contribution in [0.15, 0.2) is 30.5 Å². The number of ether oxygens (including phenoxy) is 1. The van der Waals surface area contributed by atoms with E-state index in [1.807, 2.05) is 34.9 Å². The number of aromatic amines is 1. The van der Waals surface area contributed by atoms with Gasteiger partial charge in [0.15, 0.2) is 12.1 Å². The molecule has 0 spiro atoms. The Kier molecular flexibility index (Phi) is 5.53. The Balaban J connectivity index is 1.84. The van der Waals surface area contributed by atoms with Crippen LogP contribution in [-0.4, -0.2) is 47.2 Å². The van der Waals surface area contributed by atoms with Gasteiger partial charge < -0.3 is 9.72 Å². The Morgan fingerprint density at radius 3 is 2.54 bits per heavy atom. The Labute approximate surface area is 160 Å². The molecule has 1 aromatic heterocycles. The number of barbiturate groups is 1. The van der Waals surface area contributed by atoms with Crippen molar-refractivity contribution in [2.45, 2.75) is 32.4 Å². The zero-order valence-corrected chi connectivity index (χ0v) is 15.4. The summed E-state index contributed by atoms with van der Waals surface area (Å²) in [5.41, 5.74) is 1.82. The molecular weight excluding hydrogens is 364 g/mol. The molecule has 9 heteroatoms. The van der Waals surface area contributed by atoms with E-state index in [4.69, 9.17) is 4.74 Å². The normalized spacial score (nSPS) is 16.5. The highest BCUT2D eigenvalue weighted by Crippen LogP contribution is 2.18. The third-order valence-corrected chi connectivity index (χ3v) is 4.24. The highest BCUT2D eigenvalue weighted by Gasteiger charge is 2.36. The van der Waals surface area contributed by atoms with Crippen molar-refractivity contribution in [1.82, 2.24) is 15.6 Å². The minimum atomic E-state index is -1.24. The van der Waals surface area contributed by atoms with Crippen molar-refractivity contribution in [3.8, 4) is 0 Å². The summed E-state index contributed by atoms with van der Waals surface area (Å²) in [6, 6.07) is 5.97. The predicted octanol–water partition coefficient (Wildman–Crippen LogP) is -0.836. The number of carbonyl (C=O) groups excluding carboxylic acids is 4. The number of esters is 1. The molecule has 2 aromatic rings. The van der Waals surface area contributed by atoms with E-state index in [0.717, 1.165) is 16.5 Å². The summed E-state index contributed by atoms with van der Waals surface area (Å²) in [7, 11) is 0. The molecule has 0 aliphatic carbocycles. The molecule has 28 heavy (non-hydrogen) atoms. The number of para-hydroxylation sites is 1. The van der Waals surface area contributed by atoms with Crippen LogP contribution in [-0.2, 0) is 25.5 Å². The van der Waals surface area contributed by atoms with E-state index in [9.17, 15) is 19.2 Å². The third kappa shape index (κ3) is 4.25. The SMILES string of the molecule is CC(C)OC(=O)[C@@H](Cc1c[nH]c2ccccc12)[NH+]=CC1C(=O)NC(=O)NC1=O. The maximum absolute atomic E-state index is 12.5. The lowest BCUT2D eigenvalue weighted by Crippen LogP contribution is -2.82. The third-order valence-electron chi connectivity index (χ3n) is 4.24. The van der Waals surface area contributed by atoms with E-state index in [1.165, 1.54) is 6.21 Å². The van der Waals surface area contributed by atoms with Gasteiger partial charge in [-0.15, -0.1) is 0 Å². The first-order chi connectivity index (χ1) is 13.3. The summed E-state index contributed by atoms with van der Waals surface area (Å²) in [6.45, 7) is 3.47. The van der Waals surface area contributed by atoms with Crippen LogP contribution in [0.3, 0.4) is 0 Å². The zero-order valence-electron chi connectivity index (χ0n) is 15.4. The van der Waals surface area contributed by atoms with Crippen LogP contribution < -0.4 is 15.6 Å². The quantitative estimate of drug-likeness (QED) is 0.293. The Morgan fingerprint density at radius 1 is 1.18 bits per heavy atom. The van der Waals surface area contributed by atoms with E-state index in [2.05, 4.69) is 9.98 Å². The summed E-state index contributed by atoms with van der Waals surface area (Å²) in [5.74, 6) is -3.27. The number of benzene rings is 1. The number of nitrogens with one attached hydrogen (secondary N) is 4. The van der Waals surface area contributed by atoms with Gasteiger partial charge in [0.05, 0.1) is 6.10 Å². The number of hydrogen-bond donors (Lipinski definition) is 4. The van der Waals surface area contributed by atoms with Crippen molar-refractivity contribution in [2.24, 2.45) is 5.92 Å². The molecule has 1 atom stereocenters. The van der Waals surface area contributed by atoms with E-state index < -0.39 is 35.8 Å². The number of fused-ring (bicyclic) bond motifs is 1. The fourth-order valence-electron chi connectivity index (χ4n) is 2.94. The molecule has 1 aliphatic rings. The molecule has 4 N–H and O–H groups in total. The minimum absolute atomic E-state index is 0.279. The molecule has 1 saturated heterocycles. The number of carbonyl (C=O) groups is 4. The summed E-state index contributed by atoms with van der Waals surface area (Å²) in [4.78, 5) is 53.4. The predicted molar refractivity (Wildman–Crippen MR) is 99.2 cm³/mol. The van der Waals surface area contributed by atoms with Crippen LogP contribution in [0.4, 0.5) is 4.79 Å². The van der Waals surface area contributed by atoms with Gasteiger partial charge in [0.1, 0.15) is 0 Å². The van der Waals surface area contributed by atoms with Crippen molar-refractivity contribution in [2.75, 3.05) is 0 Å². The van der Waals surface area contributed by atoms with Crippen molar-refractivity contribution < 1.29 is 28.9 Å². The second kappa shape index (κ2) is 8.03. The molecule has 1 aliphatic heterocycles. The van der Waals surface area contributed by atoms with Crippen LogP contribution in [0.25, 0.3) is 10.9 Å². The van der Waals surface area contributed by atoms with Crippen molar-refractivity contribution in [1.29, 1.82) is 0 Å². The molecule has 9 nitrogen and oxygen atoms in total. The highest BCUT2D eigenvalue weighted by atomic mass is 16.5. The Morgan fingerprint density at radius 2 is 1.86 bits per heavy atom. The molecular formula is C19H21N4O5+. The number of imide groups is 2. The second-order valence-corrected chi connectivity index (χ2v) is 6.72. The molecule has 146 valence electrons. The van der Waals surface area contributed by atoms with Gasteiger partial charge in [0.25, 0.3) is 17.9 Å². The number of H-pyrrole nitrogens is 1. The number of aromatic nitrogens is 1. The molecule has 0 unspecified atom stereocenters. The van der Waals surface area contributed by atoms with Gasteiger partial charge in [-0.3, -0.25) is 20.2 Å². The minimum Gasteiger partial charge on any atom is -0.458 e. The molecule has 2 heterocycles. The first-order valence-corrected chi connectivity index (χ1v) is 8.85. The molecule has 1 fully saturated rings. The highest BCUT2D eigenvalue weighted by molar-refractivity contribution is 6.22. The van der Waals surface area contributed by atoms with Gasteiger partial charge in [-0.1, -0.05) is 18.2 Å². The molecule has 3 rings (SSSR count). The van der Waals surface area contributed by atoms with E-state index in [0.29, 0.717) is 0 Å². The summed E-state index contributed by atoms with van der Waals surface area (Å²) in [5, 5.41) is 4.99.